The highest BCUT2D eigenvalue weighted by molar-refractivity contribution is 5.40. The van der Waals surface area contributed by atoms with E-state index in [4.69, 9.17) is 10.5 Å². The SMILES string of the molecule is COc1cc(C(F)(F)F)ccc1[C@@H](N)CCC(C)C. The van der Waals surface area contributed by atoms with Gasteiger partial charge in [-0.05, 0) is 30.9 Å². The molecule has 1 rings (SSSR count). The first kappa shape index (κ1) is 15.8. The lowest BCUT2D eigenvalue weighted by Crippen LogP contribution is -2.14. The zero-order valence-corrected chi connectivity index (χ0v) is 11.4. The van der Waals surface area contributed by atoms with Crippen LogP contribution in [0.3, 0.4) is 0 Å². The molecular weight excluding hydrogens is 255 g/mol. The standard InChI is InChI=1S/C14H20F3NO/c1-9(2)4-7-12(18)11-6-5-10(14(15,16)17)8-13(11)19-3/h5-6,8-9,12H,4,7,18H2,1-3H3/t12-/m0/s1. The molecule has 2 N–H and O–H groups in total. The quantitative estimate of drug-likeness (QED) is 0.876. The molecule has 19 heavy (non-hydrogen) atoms. The Labute approximate surface area is 111 Å². The lowest BCUT2D eigenvalue weighted by atomic mass is 9.96. The van der Waals surface area contributed by atoms with E-state index in [9.17, 15) is 13.2 Å². The van der Waals surface area contributed by atoms with Gasteiger partial charge in [0.05, 0.1) is 12.7 Å². The lowest BCUT2D eigenvalue weighted by Gasteiger charge is -2.18. The van der Waals surface area contributed by atoms with Gasteiger partial charge in [0.15, 0.2) is 0 Å². The smallest absolute Gasteiger partial charge is 0.416 e. The summed E-state index contributed by atoms with van der Waals surface area (Å²) in [7, 11) is 1.36. The summed E-state index contributed by atoms with van der Waals surface area (Å²) in [4.78, 5) is 0. The third-order valence-electron chi connectivity index (χ3n) is 3.02. The number of ether oxygens (including phenoxy) is 1. The van der Waals surface area contributed by atoms with Gasteiger partial charge in [0.25, 0.3) is 0 Å². The van der Waals surface area contributed by atoms with Crippen molar-refractivity contribution in [3.05, 3.63) is 29.3 Å². The van der Waals surface area contributed by atoms with Crippen molar-refractivity contribution in [2.24, 2.45) is 11.7 Å². The van der Waals surface area contributed by atoms with Crippen molar-refractivity contribution < 1.29 is 17.9 Å². The Morgan fingerprint density at radius 1 is 1.21 bits per heavy atom. The van der Waals surface area contributed by atoms with Gasteiger partial charge in [-0.2, -0.15) is 13.2 Å². The van der Waals surface area contributed by atoms with E-state index in [2.05, 4.69) is 13.8 Å². The maximum absolute atomic E-state index is 12.6. The van der Waals surface area contributed by atoms with Crippen molar-refractivity contribution >= 4 is 0 Å². The van der Waals surface area contributed by atoms with Crippen molar-refractivity contribution in [3.63, 3.8) is 0 Å². The van der Waals surface area contributed by atoms with Crippen molar-refractivity contribution in [2.75, 3.05) is 7.11 Å². The predicted molar refractivity (Wildman–Crippen MR) is 69.0 cm³/mol. The summed E-state index contributed by atoms with van der Waals surface area (Å²) in [6, 6.07) is 3.16. The summed E-state index contributed by atoms with van der Waals surface area (Å²) in [6.45, 7) is 4.16. The van der Waals surface area contributed by atoms with E-state index < -0.39 is 11.7 Å². The van der Waals surface area contributed by atoms with E-state index in [-0.39, 0.29) is 11.8 Å². The molecule has 0 radical (unpaired) electrons. The summed E-state index contributed by atoms with van der Waals surface area (Å²) in [5.74, 6) is 0.706. The third kappa shape index (κ3) is 4.42. The molecule has 5 heteroatoms. The normalized spacial score (nSPS) is 13.7. The molecule has 0 bridgehead atoms. The Kier molecular flexibility index (Phi) is 5.23. The Morgan fingerprint density at radius 3 is 2.32 bits per heavy atom. The van der Waals surface area contributed by atoms with Gasteiger partial charge in [-0.25, -0.2) is 0 Å². The van der Waals surface area contributed by atoms with Crippen LogP contribution in [0.1, 0.15) is 43.9 Å². The summed E-state index contributed by atoms with van der Waals surface area (Å²) < 4.78 is 42.8. The number of hydrogen-bond acceptors (Lipinski definition) is 2. The molecule has 1 aromatic carbocycles. The molecule has 0 aliphatic carbocycles. The summed E-state index contributed by atoms with van der Waals surface area (Å²) in [5.41, 5.74) is 5.92. The molecule has 0 heterocycles. The summed E-state index contributed by atoms with van der Waals surface area (Å²) in [5, 5.41) is 0. The van der Waals surface area contributed by atoms with Crippen LogP contribution in [0.25, 0.3) is 0 Å². The van der Waals surface area contributed by atoms with Crippen LogP contribution in [0.2, 0.25) is 0 Å². The maximum atomic E-state index is 12.6. The molecule has 0 aliphatic heterocycles. The Bertz CT molecular complexity index is 416. The van der Waals surface area contributed by atoms with E-state index in [1.807, 2.05) is 0 Å². The number of rotatable bonds is 5. The van der Waals surface area contributed by atoms with E-state index in [0.29, 0.717) is 11.5 Å². The molecule has 0 saturated heterocycles. The number of alkyl halides is 3. The molecule has 0 fully saturated rings. The van der Waals surface area contributed by atoms with Gasteiger partial charge in [0, 0.05) is 11.6 Å². The second-order valence-electron chi connectivity index (χ2n) is 5.03. The molecule has 1 atom stereocenters. The molecule has 2 nitrogen and oxygen atoms in total. The van der Waals surface area contributed by atoms with Gasteiger partial charge >= 0.3 is 6.18 Å². The van der Waals surface area contributed by atoms with Crippen LogP contribution in [0, 0.1) is 5.92 Å². The van der Waals surface area contributed by atoms with Gasteiger partial charge in [-0.15, -0.1) is 0 Å². The van der Waals surface area contributed by atoms with Gasteiger partial charge in [0.2, 0.25) is 0 Å². The van der Waals surface area contributed by atoms with Crippen LogP contribution in [-0.4, -0.2) is 7.11 Å². The van der Waals surface area contributed by atoms with Crippen LogP contribution < -0.4 is 10.5 Å². The Morgan fingerprint density at radius 2 is 1.84 bits per heavy atom. The fourth-order valence-electron chi connectivity index (χ4n) is 1.86. The topological polar surface area (TPSA) is 35.2 Å². The van der Waals surface area contributed by atoms with Gasteiger partial charge < -0.3 is 10.5 Å². The second kappa shape index (κ2) is 6.28. The van der Waals surface area contributed by atoms with Crippen molar-refractivity contribution in [3.8, 4) is 5.75 Å². The number of benzene rings is 1. The van der Waals surface area contributed by atoms with Crippen molar-refractivity contribution in [1.82, 2.24) is 0 Å². The predicted octanol–water partition coefficient (Wildman–Crippen LogP) is 4.15. The number of nitrogens with two attached hydrogens (primary N) is 1. The largest absolute Gasteiger partial charge is 0.496 e. The first-order chi connectivity index (χ1) is 8.75. The molecule has 0 aromatic heterocycles. The average Bonchev–Trinajstić information content (AvgIpc) is 2.33. The third-order valence-corrected chi connectivity index (χ3v) is 3.02. The molecule has 1 aromatic rings. The first-order valence-corrected chi connectivity index (χ1v) is 6.26. The average molecular weight is 275 g/mol. The van der Waals surface area contributed by atoms with Crippen LogP contribution >= 0.6 is 0 Å². The van der Waals surface area contributed by atoms with E-state index in [1.165, 1.54) is 13.2 Å². The van der Waals surface area contributed by atoms with Crippen molar-refractivity contribution in [2.45, 2.75) is 38.9 Å². The highest BCUT2D eigenvalue weighted by atomic mass is 19.4. The number of hydrogen-bond donors (Lipinski definition) is 1. The van der Waals surface area contributed by atoms with E-state index >= 15 is 0 Å². The minimum absolute atomic E-state index is 0.200. The fraction of sp³-hybridized carbons (Fsp3) is 0.571. The second-order valence-corrected chi connectivity index (χ2v) is 5.03. The molecular formula is C14H20F3NO. The Hall–Kier alpha value is -1.23. The van der Waals surface area contributed by atoms with E-state index in [1.54, 1.807) is 0 Å². The molecule has 0 amide bonds. The van der Waals surface area contributed by atoms with Gasteiger partial charge in [0.1, 0.15) is 5.75 Å². The van der Waals surface area contributed by atoms with Crippen LogP contribution in [-0.2, 0) is 6.18 Å². The monoisotopic (exact) mass is 275 g/mol. The summed E-state index contributed by atoms with van der Waals surface area (Å²) in [6.07, 6.45) is -2.72. The molecule has 108 valence electrons. The van der Waals surface area contributed by atoms with Gasteiger partial charge in [-0.1, -0.05) is 19.9 Å². The van der Waals surface area contributed by atoms with Gasteiger partial charge in [-0.3, -0.25) is 0 Å². The Balaban J connectivity index is 2.96. The highest BCUT2D eigenvalue weighted by Crippen LogP contribution is 2.35. The van der Waals surface area contributed by atoms with Crippen molar-refractivity contribution in [1.29, 1.82) is 0 Å². The van der Waals surface area contributed by atoms with Crippen LogP contribution in [0.4, 0.5) is 13.2 Å². The first-order valence-electron chi connectivity index (χ1n) is 6.26. The highest BCUT2D eigenvalue weighted by Gasteiger charge is 2.31. The van der Waals surface area contributed by atoms with E-state index in [0.717, 1.165) is 25.0 Å². The molecule has 0 saturated carbocycles. The zero-order chi connectivity index (χ0) is 14.6. The fourth-order valence-corrected chi connectivity index (χ4v) is 1.86. The lowest BCUT2D eigenvalue weighted by molar-refractivity contribution is -0.137. The molecule has 0 aliphatic rings. The van der Waals surface area contributed by atoms with Crippen LogP contribution in [0.15, 0.2) is 18.2 Å². The minimum Gasteiger partial charge on any atom is -0.496 e. The summed E-state index contributed by atoms with van der Waals surface area (Å²) >= 11 is 0. The number of methoxy groups -OCH3 is 1. The number of halogens is 3. The zero-order valence-electron chi connectivity index (χ0n) is 11.4. The molecule has 0 spiro atoms. The molecule has 0 unspecified atom stereocenters. The van der Waals surface area contributed by atoms with Crippen LogP contribution in [0.5, 0.6) is 5.75 Å². The maximum Gasteiger partial charge on any atom is 0.416 e. The minimum atomic E-state index is -4.37.